The van der Waals surface area contributed by atoms with Crippen molar-refractivity contribution >= 4 is 0 Å². The van der Waals surface area contributed by atoms with E-state index in [4.69, 9.17) is 9.47 Å². The molecule has 0 radical (unpaired) electrons. The molecule has 1 saturated heterocycles. The van der Waals surface area contributed by atoms with E-state index in [1.807, 2.05) is 35.3 Å². The van der Waals surface area contributed by atoms with Gasteiger partial charge in [0.2, 0.25) is 0 Å². The molecule has 0 aliphatic carbocycles. The first-order valence-corrected chi connectivity index (χ1v) is 10.5. The van der Waals surface area contributed by atoms with Crippen molar-refractivity contribution < 1.29 is 9.47 Å². The van der Waals surface area contributed by atoms with Crippen LogP contribution in [0.4, 0.5) is 0 Å². The average Bonchev–Trinajstić information content (AvgIpc) is 3.14. The van der Waals surface area contributed by atoms with E-state index >= 15 is 0 Å². The number of hydrogen-bond donors (Lipinski definition) is 0. The van der Waals surface area contributed by atoms with Crippen molar-refractivity contribution in [3.8, 4) is 17.0 Å². The number of rotatable bonds is 6. The third kappa shape index (κ3) is 4.35. The fourth-order valence-corrected chi connectivity index (χ4v) is 3.79. The molecule has 4 rings (SSSR count). The van der Waals surface area contributed by atoms with E-state index in [0.717, 1.165) is 47.7 Å². The molecule has 29 heavy (non-hydrogen) atoms. The van der Waals surface area contributed by atoms with Crippen molar-refractivity contribution in [2.24, 2.45) is 0 Å². The van der Waals surface area contributed by atoms with E-state index in [0.29, 0.717) is 12.5 Å². The zero-order valence-corrected chi connectivity index (χ0v) is 17.5. The maximum Gasteiger partial charge on any atom is 0.150 e. The third-order valence-electron chi connectivity index (χ3n) is 5.47. The summed E-state index contributed by atoms with van der Waals surface area (Å²) in [6, 6.07) is 12.4. The maximum absolute atomic E-state index is 6.07. The predicted octanol–water partition coefficient (Wildman–Crippen LogP) is 5.66. The Labute approximate surface area is 172 Å². The molecule has 3 aromatic rings. The molecular weight excluding hydrogens is 362 g/mol. The molecule has 1 atom stereocenters. The Morgan fingerprint density at radius 3 is 2.72 bits per heavy atom. The number of aryl methyl sites for hydroxylation is 1. The molecule has 0 amide bonds. The molecule has 1 fully saturated rings. The summed E-state index contributed by atoms with van der Waals surface area (Å²) in [7, 11) is 0. The summed E-state index contributed by atoms with van der Waals surface area (Å²) in [6.07, 6.45) is 6.99. The van der Waals surface area contributed by atoms with Crippen molar-refractivity contribution in [3.05, 3.63) is 65.6 Å². The highest BCUT2D eigenvalue weighted by molar-refractivity contribution is 5.65. The molecule has 1 unspecified atom stereocenters. The second kappa shape index (κ2) is 8.78. The average molecular weight is 392 g/mol. The normalized spacial score (nSPS) is 16.9. The molecule has 5 heteroatoms. The molecule has 0 saturated carbocycles. The van der Waals surface area contributed by atoms with Gasteiger partial charge in [-0.2, -0.15) is 5.10 Å². The van der Waals surface area contributed by atoms with Crippen LogP contribution in [0.1, 0.15) is 62.1 Å². The van der Waals surface area contributed by atoms with Crippen LogP contribution in [0, 0.1) is 6.92 Å². The number of aromatic nitrogens is 3. The second-order valence-electron chi connectivity index (χ2n) is 7.95. The highest BCUT2D eigenvalue weighted by atomic mass is 16.5. The van der Waals surface area contributed by atoms with Gasteiger partial charge in [0.25, 0.3) is 0 Å². The quantitative estimate of drug-likeness (QED) is 0.544. The number of benzene rings is 1. The molecule has 2 aromatic heterocycles. The van der Waals surface area contributed by atoms with Gasteiger partial charge in [-0.05, 0) is 67.5 Å². The molecule has 152 valence electrons. The van der Waals surface area contributed by atoms with Gasteiger partial charge in [0.1, 0.15) is 12.4 Å². The van der Waals surface area contributed by atoms with Gasteiger partial charge in [0, 0.05) is 18.4 Å². The van der Waals surface area contributed by atoms with Crippen LogP contribution in [0.15, 0.2) is 48.8 Å². The van der Waals surface area contributed by atoms with E-state index in [1.165, 1.54) is 12.0 Å². The first-order chi connectivity index (χ1) is 14.1. The monoisotopic (exact) mass is 391 g/mol. The van der Waals surface area contributed by atoms with Crippen molar-refractivity contribution in [1.29, 1.82) is 0 Å². The first-order valence-electron chi connectivity index (χ1n) is 10.5. The van der Waals surface area contributed by atoms with Crippen molar-refractivity contribution in [2.45, 2.75) is 58.8 Å². The van der Waals surface area contributed by atoms with Crippen molar-refractivity contribution in [2.75, 3.05) is 6.61 Å². The highest BCUT2D eigenvalue weighted by Gasteiger charge is 2.23. The molecule has 0 N–H and O–H groups in total. The highest BCUT2D eigenvalue weighted by Crippen LogP contribution is 2.32. The predicted molar refractivity (Wildman–Crippen MR) is 114 cm³/mol. The van der Waals surface area contributed by atoms with Crippen LogP contribution in [0.5, 0.6) is 5.75 Å². The zero-order valence-electron chi connectivity index (χ0n) is 17.5. The largest absolute Gasteiger partial charge is 0.487 e. The second-order valence-corrected chi connectivity index (χ2v) is 7.95. The smallest absolute Gasteiger partial charge is 0.150 e. The summed E-state index contributed by atoms with van der Waals surface area (Å²) in [5, 5.41) is 4.62. The lowest BCUT2D eigenvalue weighted by Crippen LogP contribution is -2.20. The Morgan fingerprint density at radius 2 is 2.00 bits per heavy atom. The van der Waals surface area contributed by atoms with Crippen LogP contribution >= 0.6 is 0 Å². The van der Waals surface area contributed by atoms with E-state index in [9.17, 15) is 0 Å². The Hall–Kier alpha value is -2.66. The Morgan fingerprint density at radius 1 is 1.17 bits per heavy atom. The van der Waals surface area contributed by atoms with E-state index in [-0.39, 0.29) is 6.23 Å². The summed E-state index contributed by atoms with van der Waals surface area (Å²) in [5.74, 6) is 1.36. The van der Waals surface area contributed by atoms with Gasteiger partial charge in [0.05, 0.1) is 17.6 Å². The summed E-state index contributed by atoms with van der Waals surface area (Å²) in [4.78, 5) is 4.62. The number of hydrogen-bond acceptors (Lipinski definition) is 4. The van der Waals surface area contributed by atoms with Gasteiger partial charge >= 0.3 is 0 Å². The van der Waals surface area contributed by atoms with Crippen molar-refractivity contribution in [1.82, 2.24) is 14.8 Å². The minimum absolute atomic E-state index is 0.00926. The number of ether oxygens (including phenoxy) is 2. The van der Waals surface area contributed by atoms with Crippen LogP contribution in [-0.2, 0) is 11.3 Å². The van der Waals surface area contributed by atoms with Gasteiger partial charge < -0.3 is 9.47 Å². The van der Waals surface area contributed by atoms with Crippen LogP contribution in [0.25, 0.3) is 11.3 Å². The molecule has 0 spiro atoms. The van der Waals surface area contributed by atoms with Gasteiger partial charge in [-0.25, -0.2) is 4.68 Å². The van der Waals surface area contributed by atoms with Crippen LogP contribution < -0.4 is 4.74 Å². The standard InChI is InChI=1S/C24H29N3O2/c1-17(2)19-9-11-20(12-10-19)29-16-22-21(7-6-13-25-22)24-18(3)15-26-27(24)23-8-4-5-14-28-23/h6-7,9-13,15,17,23H,4-5,8,14,16H2,1-3H3. The van der Waals surface area contributed by atoms with Crippen LogP contribution in [0.3, 0.4) is 0 Å². The third-order valence-corrected chi connectivity index (χ3v) is 5.47. The van der Waals surface area contributed by atoms with E-state index in [2.05, 4.69) is 49.1 Å². The Kier molecular flexibility index (Phi) is 5.95. The molecule has 1 aliphatic heterocycles. The number of pyridine rings is 1. The molecule has 5 nitrogen and oxygen atoms in total. The van der Waals surface area contributed by atoms with Crippen molar-refractivity contribution in [3.63, 3.8) is 0 Å². The van der Waals surface area contributed by atoms with Crippen LogP contribution in [0.2, 0.25) is 0 Å². The fourth-order valence-electron chi connectivity index (χ4n) is 3.79. The zero-order chi connectivity index (χ0) is 20.2. The molecule has 3 heterocycles. The lowest BCUT2D eigenvalue weighted by atomic mass is 10.0. The van der Waals surface area contributed by atoms with E-state index in [1.54, 1.807) is 0 Å². The SMILES string of the molecule is Cc1cnn(C2CCCCO2)c1-c1cccnc1COc1ccc(C(C)C)cc1. The topological polar surface area (TPSA) is 49.2 Å². The molecular formula is C24H29N3O2. The molecule has 1 aliphatic rings. The number of nitrogens with zero attached hydrogens (tertiary/aromatic N) is 3. The Balaban J connectivity index is 1.58. The summed E-state index contributed by atoms with van der Waals surface area (Å²) in [6.45, 7) is 7.67. The fraction of sp³-hybridized carbons (Fsp3) is 0.417. The summed E-state index contributed by atoms with van der Waals surface area (Å²) >= 11 is 0. The van der Waals surface area contributed by atoms with Gasteiger partial charge in [-0.15, -0.1) is 0 Å². The van der Waals surface area contributed by atoms with Gasteiger partial charge in [-0.1, -0.05) is 26.0 Å². The summed E-state index contributed by atoms with van der Waals surface area (Å²) < 4.78 is 14.1. The van der Waals surface area contributed by atoms with E-state index < -0.39 is 0 Å². The lowest BCUT2D eigenvalue weighted by molar-refractivity contribution is -0.0384. The Bertz CT molecular complexity index is 941. The van der Waals surface area contributed by atoms with Gasteiger partial charge in [-0.3, -0.25) is 4.98 Å². The minimum Gasteiger partial charge on any atom is -0.487 e. The maximum atomic E-state index is 6.07. The summed E-state index contributed by atoms with van der Waals surface area (Å²) in [5.41, 5.74) is 5.45. The molecule has 1 aromatic carbocycles. The first kappa shape index (κ1) is 19.6. The van der Waals surface area contributed by atoms with Crippen LogP contribution in [-0.4, -0.2) is 21.4 Å². The lowest BCUT2D eigenvalue weighted by Gasteiger charge is -2.25. The van der Waals surface area contributed by atoms with Gasteiger partial charge in [0.15, 0.2) is 6.23 Å². The molecule has 0 bridgehead atoms. The minimum atomic E-state index is -0.00926.